The Morgan fingerprint density at radius 3 is 2.82 bits per heavy atom. The second kappa shape index (κ2) is 4.40. The number of hydrogen-bond acceptors (Lipinski definition) is 3. The number of benzene rings is 1. The topological polar surface area (TPSA) is 38.3 Å². The number of hydrogen-bond donors (Lipinski definition) is 1. The molecule has 0 radical (unpaired) electrons. The van der Waals surface area contributed by atoms with E-state index in [4.69, 9.17) is 4.74 Å². The lowest BCUT2D eigenvalue weighted by molar-refractivity contribution is -0.155. The van der Waals surface area contributed by atoms with E-state index in [-0.39, 0.29) is 18.0 Å². The van der Waals surface area contributed by atoms with Crippen molar-refractivity contribution in [1.29, 1.82) is 0 Å². The molecule has 0 amide bonds. The number of carbonyl (C=O) groups excluding carboxylic acids is 1. The first-order valence-electron chi connectivity index (χ1n) is 6.38. The summed E-state index contributed by atoms with van der Waals surface area (Å²) in [7, 11) is 0. The Morgan fingerprint density at radius 1 is 1.24 bits per heavy atom. The van der Waals surface area contributed by atoms with E-state index in [1.54, 1.807) is 0 Å². The summed E-state index contributed by atoms with van der Waals surface area (Å²) in [5, 5.41) is 3.32. The molecule has 1 heterocycles. The number of rotatable bonds is 2. The number of anilines is 1. The van der Waals surface area contributed by atoms with Crippen LogP contribution < -0.4 is 5.32 Å². The van der Waals surface area contributed by atoms with Crippen molar-refractivity contribution in [1.82, 2.24) is 0 Å². The molecular weight excluding hydrogens is 214 g/mol. The van der Waals surface area contributed by atoms with Gasteiger partial charge in [0.1, 0.15) is 6.10 Å². The molecule has 3 rings (SSSR count). The Morgan fingerprint density at radius 2 is 2.06 bits per heavy atom. The van der Waals surface area contributed by atoms with Gasteiger partial charge in [-0.1, -0.05) is 18.2 Å². The molecule has 0 bridgehead atoms. The van der Waals surface area contributed by atoms with Crippen molar-refractivity contribution >= 4 is 11.7 Å². The quantitative estimate of drug-likeness (QED) is 0.795. The van der Waals surface area contributed by atoms with Crippen LogP contribution in [0.15, 0.2) is 24.3 Å². The van der Waals surface area contributed by atoms with E-state index < -0.39 is 0 Å². The second-order valence-electron chi connectivity index (χ2n) is 4.85. The fourth-order valence-electron chi connectivity index (χ4n) is 2.45. The maximum atomic E-state index is 12.1. The maximum Gasteiger partial charge on any atom is 0.313 e. The van der Waals surface area contributed by atoms with Gasteiger partial charge < -0.3 is 10.1 Å². The molecule has 1 aliphatic carbocycles. The van der Waals surface area contributed by atoms with Crippen LogP contribution in [-0.2, 0) is 9.53 Å². The third-order valence-corrected chi connectivity index (χ3v) is 3.70. The van der Waals surface area contributed by atoms with E-state index in [9.17, 15) is 4.79 Å². The van der Waals surface area contributed by atoms with E-state index >= 15 is 0 Å². The first-order chi connectivity index (χ1) is 8.34. The van der Waals surface area contributed by atoms with Crippen LogP contribution in [0.1, 0.15) is 37.2 Å². The monoisotopic (exact) mass is 231 g/mol. The zero-order valence-electron chi connectivity index (χ0n) is 9.82. The summed E-state index contributed by atoms with van der Waals surface area (Å²) in [4.78, 5) is 12.1. The Hall–Kier alpha value is -1.51. The summed E-state index contributed by atoms with van der Waals surface area (Å²) in [6.07, 6.45) is 4.30. The molecule has 1 aromatic rings. The van der Waals surface area contributed by atoms with Gasteiger partial charge in [0, 0.05) is 12.2 Å². The van der Waals surface area contributed by atoms with Gasteiger partial charge in [0.25, 0.3) is 0 Å². The average molecular weight is 231 g/mol. The van der Waals surface area contributed by atoms with Crippen LogP contribution in [0, 0.1) is 0 Å². The smallest absolute Gasteiger partial charge is 0.313 e. The summed E-state index contributed by atoms with van der Waals surface area (Å²) in [5.41, 5.74) is 2.16. The molecule has 1 unspecified atom stereocenters. The molecule has 1 aliphatic heterocycles. The zero-order chi connectivity index (χ0) is 11.7. The standard InChI is InChI=1S/C14H17NO2/c16-14(17-10-4-3-5-10)12-8-9-15-13-7-2-1-6-11(12)13/h1-2,6-7,10,12,15H,3-5,8-9H2. The number of carbonyl (C=O) groups is 1. The minimum atomic E-state index is -0.0759. The third-order valence-electron chi connectivity index (χ3n) is 3.70. The van der Waals surface area contributed by atoms with Crippen LogP contribution >= 0.6 is 0 Å². The fourth-order valence-corrected chi connectivity index (χ4v) is 2.45. The predicted octanol–water partition coefficient (Wildman–Crippen LogP) is 2.68. The highest BCUT2D eigenvalue weighted by molar-refractivity contribution is 5.81. The molecular formula is C14H17NO2. The van der Waals surface area contributed by atoms with Gasteiger partial charge in [0.2, 0.25) is 0 Å². The van der Waals surface area contributed by atoms with Crippen molar-refractivity contribution in [3.05, 3.63) is 29.8 Å². The number of fused-ring (bicyclic) bond motifs is 1. The molecule has 1 atom stereocenters. The molecule has 1 saturated carbocycles. The van der Waals surface area contributed by atoms with Crippen molar-refractivity contribution in [2.45, 2.75) is 37.7 Å². The summed E-state index contributed by atoms with van der Waals surface area (Å²) < 4.78 is 5.52. The lowest BCUT2D eigenvalue weighted by atomic mass is 9.90. The molecule has 17 heavy (non-hydrogen) atoms. The summed E-state index contributed by atoms with van der Waals surface area (Å²) >= 11 is 0. The van der Waals surface area contributed by atoms with Crippen molar-refractivity contribution < 1.29 is 9.53 Å². The van der Waals surface area contributed by atoms with Crippen molar-refractivity contribution in [3.63, 3.8) is 0 Å². The molecule has 1 N–H and O–H groups in total. The minimum absolute atomic E-state index is 0.0383. The average Bonchev–Trinajstić information content (AvgIpc) is 2.33. The molecule has 90 valence electrons. The van der Waals surface area contributed by atoms with E-state index in [0.29, 0.717) is 0 Å². The number of esters is 1. The van der Waals surface area contributed by atoms with Crippen LogP contribution in [0.3, 0.4) is 0 Å². The van der Waals surface area contributed by atoms with Gasteiger partial charge >= 0.3 is 5.97 Å². The van der Waals surface area contributed by atoms with Crippen molar-refractivity contribution in [2.75, 3.05) is 11.9 Å². The van der Waals surface area contributed by atoms with Gasteiger partial charge in [-0.3, -0.25) is 4.79 Å². The predicted molar refractivity (Wildman–Crippen MR) is 66.0 cm³/mol. The number of nitrogens with one attached hydrogen (secondary N) is 1. The van der Waals surface area contributed by atoms with Crippen LogP contribution in [0.25, 0.3) is 0 Å². The van der Waals surface area contributed by atoms with E-state index in [1.165, 1.54) is 6.42 Å². The summed E-state index contributed by atoms with van der Waals surface area (Å²) in [5.74, 6) is -0.114. The Bertz CT molecular complexity index is 426. The maximum absolute atomic E-state index is 12.1. The van der Waals surface area contributed by atoms with Gasteiger partial charge in [-0.05, 0) is 37.3 Å². The Balaban J connectivity index is 1.77. The van der Waals surface area contributed by atoms with Crippen LogP contribution in [0.4, 0.5) is 5.69 Å². The number of para-hydroxylation sites is 1. The Labute approximate surface area is 101 Å². The molecule has 2 aliphatic rings. The molecule has 3 nitrogen and oxygen atoms in total. The van der Waals surface area contributed by atoms with Crippen molar-refractivity contribution in [2.24, 2.45) is 0 Å². The van der Waals surface area contributed by atoms with E-state index in [0.717, 1.165) is 37.1 Å². The Kier molecular flexibility index (Phi) is 2.75. The largest absolute Gasteiger partial charge is 0.462 e. The van der Waals surface area contributed by atoms with Crippen LogP contribution in [-0.4, -0.2) is 18.6 Å². The normalized spacial score (nSPS) is 23.2. The molecule has 1 aromatic carbocycles. The zero-order valence-corrected chi connectivity index (χ0v) is 9.82. The van der Waals surface area contributed by atoms with Gasteiger partial charge in [0.15, 0.2) is 0 Å². The molecule has 1 fully saturated rings. The molecule has 3 heteroatoms. The lowest BCUT2D eigenvalue weighted by Gasteiger charge is -2.30. The van der Waals surface area contributed by atoms with Gasteiger partial charge in [-0.15, -0.1) is 0 Å². The van der Waals surface area contributed by atoms with Crippen molar-refractivity contribution in [3.8, 4) is 0 Å². The van der Waals surface area contributed by atoms with Gasteiger partial charge in [-0.2, -0.15) is 0 Å². The van der Waals surface area contributed by atoms with Crippen LogP contribution in [0.5, 0.6) is 0 Å². The number of ether oxygens (including phenoxy) is 1. The first kappa shape index (κ1) is 10.6. The van der Waals surface area contributed by atoms with Gasteiger partial charge in [-0.25, -0.2) is 0 Å². The van der Waals surface area contributed by atoms with Gasteiger partial charge in [0.05, 0.1) is 5.92 Å². The fraction of sp³-hybridized carbons (Fsp3) is 0.500. The molecule has 0 aromatic heterocycles. The van der Waals surface area contributed by atoms with Crippen LogP contribution in [0.2, 0.25) is 0 Å². The van der Waals surface area contributed by atoms with E-state index in [2.05, 4.69) is 5.32 Å². The first-order valence-corrected chi connectivity index (χ1v) is 6.38. The lowest BCUT2D eigenvalue weighted by Crippen LogP contribution is -2.30. The molecule has 0 spiro atoms. The van der Waals surface area contributed by atoms with E-state index in [1.807, 2.05) is 24.3 Å². The third kappa shape index (κ3) is 2.02. The highest BCUT2D eigenvalue weighted by Gasteiger charge is 2.30. The highest BCUT2D eigenvalue weighted by Crippen LogP contribution is 2.33. The molecule has 0 saturated heterocycles. The SMILES string of the molecule is O=C(OC1CCC1)C1CCNc2ccccc21. The highest BCUT2D eigenvalue weighted by atomic mass is 16.5. The summed E-state index contributed by atoms with van der Waals surface area (Å²) in [6, 6.07) is 8.02. The minimum Gasteiger partial charge on any atom is -0.462 e. The summed E-state index contributed by atoms with van der Waals surface area (Å²) in [6.45, 7) is 0.849. The second-order valence-corrected chi connectivity index (χ2v) is 4.85.